The van der Waals surface area contributed by atoms with Crippen molar-refractivity contribution in [2.45, 2.75) is 62.6 Å². The van der Waals surface area contributed by atoms with Crippen LogP contribution in [0.4, 0.5) is 24.1 Å². The van der Waals surface area contributed by atoms with Gasteiger partial charge in [-0.3, -0.25) is 19.4 Å². The molecular weight excluding hydrogens is 754 g/mol. The van der Waals surface area contributed by atoms with Gasteiger partial charge in [-0.25, -0.2) is 9.59 Å². The molecule has 12 nitrogen and oxygen atoms in total. The molecule has 0 unspecified atom stereocenters. The topological polar surface area (TPSA) is 126 Å². The number of para-hydroxylation sites is 1. The van der Waals surface area contributed by atoms with Gasteiger partial charge in [0.2, 0.25) is 5.78 Å². The van der Waals surface area contributed by atoms with Crippen LogP contribution in [0.2, 0.25) is 0 Å². The molecule has 15 heteroatoms. The molecule has 0 aliphatic carbocycles. The van der Waals surface area contributed by atoms with E-state index in [4.69, 9.17) is 4.74 Å². The van der Waals surface area contributed by atoms with Crippen LogP contribution in [0.25, 0.3) is 0 Å². The molecule has 1 atom stereocenters. The summed E-state index contributed by atoms with van der Waals surface area (Å²) in [5, 5.41) is 13.0. The molecule has 53 heavy (non-hydrogen) atoms. The molecule has 2 aromatic rings. The molecule has 6 rings (SSSR count). The Morgan fingerprint density at radius 2 is 1.60 bits per heavy atom. The second-order valence-electron chi connectivity index (χ2n) is 14.2. The average molecular weight is 802 g/mol. The number of hydrogen-bond acceptors (Lipinski definition) is 8. The number of nitrogens with zero attached hydrogens (tertiary/aromatic N) is 5. The number of anilines is 1. The summed E-state index contributed by atoms with van der Waals surface area (Å²) in [5.74, 6) is -4.91. The maximum absolute atomic E-state index is 14.0. The van der Waals surface area contributed by atoms with Crippen molar-refractivity contribution in [3.05, 3.63) is 70.7 Å². The van der Waals surface area contributed by atoms with Crippen LogP contribution in [-0.2, 0) is 27.2 Å². The Labute approximate surface area is 316 Å². The van der Waals surface area contributed by atoms with Gasteiger partial charge in [-0.2, -0.15) is 8.78 Å². The second-order valence-corrected chi connectivity index (χ2v) is 15.1. The number of Topliss-reactive ketones (excluding diaryl/α,β-unsaturated/α-hetero) is 1. The monoisotopic (exact) mass is 800 g/mol. The number of halogens is 3. The van der Waals surface area contributed by atoms with E-state index in [2.05, 4.69) is 32.7 Å². The lowest BCUT2D eigenvalue weighted by molar-refractivity contribution is -0.142. The van der Waals surface area contributed by atoms with Crippen molar-refractivity contribution < 1.29 is 37.8 Å². The number of benzene rings is 2. The number of likely N-dealkylation sites (tertiary alicyclic amines) is 2. The minimum atomic E-state index is -3.53. The number of nitrogens with one attached hydrogen (secondary N) is 1. The molecular formula is C38H47BrF2N6O6. The summed E-state index contributed by atoms with van der Waals surface area (Å²) in [6.45, 7) is 7.29. The largest absolute Gasteiger partial charge is 0.507 e. The van der Waals surface area contributed by atoms with Crippen molar-refractivity contribution in [3.63, 3.8) is 0 Å². The fourth-order valence-corrected chi connectivity index (χ4v) is 8.16. The average Bonchev–Trinajstić information content (AvgIpc) is 3.34. The number of hydrogen-bond donors (Lipinski definition) is 2. The van der Waals surface area contributed by atoms with Crippen LogP contribution in [0.15, 0.2) is 59.6 Å². The van der Waals surface area contributed by atoms with Gasteiger partial charge in [0.15, 0.2) is 6.10 Å². The van der Waals surface area contributed by atoms with E-state index in [1.165, 1.54) is 6.07 Å². The van der Waals surface area contributed by atoms with Gasteiger partial charge in [-0.05, 0) is 83.4 Å². The minimum Gasteiger partial charge on any atom is -0.507 e. The number of rotatable bonds is 10. The van der Waals surface area contributed by atoms with Crippen LogP contribution in [0.3, 0.4) is 0 Å². The molecule has 4 aliphatic rings. The van der Waals surface area contributed by atoms with E-state index in [1.54, 1.807) is 26.8 Å². The second kappa shape index (κ2) is 16.9. The third-order valence-electron chi connectivity index (χ3n) is 11.0. The highest BCUT2D eigenvalue weighted by atomic mass is 79.9. The highest BCUT2D eigenvalue weighted by Gasteiger charge is 2.38. The van der Waals surface area contributed by atoms with E-state index in [0.717, 1.165) is 17.7 Å². The first-order chi connectivity index (χ1) is 25.4. The van der Waals surface area contributed by atoms with Crippen LogP contribution >= 0.6 is 15.9 Å². The number of carbonyl (C=O) groups is 4. The molecule has 2 aromatic carbocycles. The Morgan fingerprint density at radius 1 is 0.943 bits per heavy atom. The number of fused-ring (bicyclic) bond motifs is 1. The number of allylic oxidation sites excluding steroid dienone is 1. The first-order valence-electron chi connectivity index (χ1n) is 18.3. The highest BCUT2D eigenvalue weighted by Crippen LogP contribution is 2.28. The first kappa shape index (κ1) is 38.6. The van der Waals surface area contributed by atoms with Crippen LogP contribution < -0.4 is 5.32 Å². The smallest absolute Gasteiger partial charge is 0.410 e. The van der Waals surface area contributed by atoms with Crippen molar-refractivity contribution in [2.75, 3.05) is 70.8 Å². The molecule has 4 heterocycles. The fourth-order valence-electron chi connectivity index (χ4n) is 7.73. The van der Waals surface area contributed by atoms with E-state index in [-0.39, 0.29) is 42.7 Å². The van der Waals surface area contributed by atoms with Crippen LogP contribution in [0.1, 0.15) is 36.8 Å². The van der Waals surface area contributed by atoms with Gasteiger partial charge in [-0.1, -0.05) is 30.8 Å². The first-order valence-corrected chi connectivity index (χ1v) is 19.1. The Bertz CT molecular complexity index is 1670. The van der Waals surface area contributed by atoms with Gasteiger partial charge in [0.1, 0.15) is 5.75 Å². The van der Waals surface area contributed by atoms with Gasteiger partial charge < -0.3 is 29.9 Å². The number of alkyl halides is 2. The number of urea groups is 1. The molecule has 4 aliphatic heterocycles. The summed E-state index contributed by atoms with van der Waals surface area (Å²) in [6.07, 6.45) is 2.16. The van der Waals surface area contributed by atoms with E-state index in [9.17, 15) is 33.1 Å². The van der Waals surface area contributed by atoms with Crippen LogP contribution in [0.5, 0.6) is 5.75 Å². The lowest BCUT2D eigenvalue weighted by Gasteiger charge is -2.43. The third kappa shape index (κ3) is 9.36. The van der Waals surface area contributed by atoms with Crippen molar-refractivity contribution in [1.29, 1.82) is 0 Å². The van der Waals surface area contributed by atoms with Gasteiger partial charge in [0.05, 0.1) is 11.0 Å². The minimum absolute atomic E-state index is 0.0334. The lowest BCUT2D eigenvalue weighted by atomic mass is 10.00. The molecule has 4 amide bonds. The number of ketones is 1. The molecule has 3 fully saturated rings. The number of piperazine rings is 1. The summed E-state index contributed by atoms with van der Waals surface area (Å²) in [6, 6.07) is 12.7. The maximum atomic E-state index is 14.0. The van der Waals surface area contributed by atoms with Crippen molar-refractivity contribution in [3.8, 4) is 5.75 Å². The van der Waals surface area contributed by atoms with Gasteiger partial charge in [-0.15, -0.1) is 0 Å². The fraction of sp³-hybridized carbons (Fsp3) is 0.526. The summed E-state index contributed by atoms with van der Waals surface area (Å²) in [7, 11) is 0. The zero-order chi connectivity index (χ0) is 37.7. The molecule has 0 bridgehead atoms. The number of aromatic hydroxyl groups is 1. The Kier molecular flexibility index (Phi) is 12.3. The summed E-state index contributed by atoms with van der Waals surface area (Å²) >= 11 is 3.34. The van der Waals surface area contributed by atoms with Gasteiger partial charge >= 0.3 is 18.0 Å². The summed E-state index contributed by atoms with van der Waals surface area (Å²) in [5.41, 5.74) is 2.63. The summed E-state index contributed by atoms with van der Waals surface area (Å²) < 4.78 is 33.8. The SMILES string of the molecule is C=CC(F)(F)C(=O)CN1CCN(C2CCN(C(=O)[C@@H](Cc3ccc(O)c(Br)c3)OC(=O)N3CCC(N4CCc5ccccc5NC4=O)CC3)CC2)CC1. The molecule has 2 N–H and O–H groups in total. The molecule has 0 saturated carbocycles. The zero-order valence-corrected chi connectivity index (χ0v) is 31.3. The molecule has 3 saturated heterocycles. The van der Waals surface area contributed by atoms with Gasteiger partial charge in [0.25, 0.3) is 5.91 Å². The van der Waals surface area contributed by atoms with Gasteiger partial charge in [0, 0.05) is 83.1 Å². The van der Waals surface area contributed by atoms with Crippen LogP contribution in [-0.4, -0.2) is 143 Å². The number of ether oxygens (including phenoxy) is 1. The Morgan fingerprint density at radius 3 is 2.28 bits per heavy atom. The quantitative estimate of drug-likeness (QED) is 0.330. The van der Waals surface area contributed by atoms with Crippen LogP contribution in [0, 0.1) is 0 Å². The lowest BCUT2D eigenvalue weighted by Crippen LogP contribution is -2.56. The third-order valence-corrected chi connectivity index (χ3v) is 11.6. The highest BCUT2D eigenvalue weighted by molar-refractivity contribution is 9.10. The molecule has 0 radical (unpaired) electrons. The van der Waals surface area contributed by atoms with Crippen molar-refractivity contribution >= 4 is 45.4 Å². The normalized spacial score (nSPS) is 20.3. The van der Waals surface area contributed by atoms with E-state index in [1.807, 2.05) is 29.2 Å². The molecule has 0 aromatic heterocycles. The molecule has 286 valence electrons. The Balaban J connectivity index is 1.03. The number of phenolic OH excluding ortho intramolecular Hbond substituents is 1. The maximum Gasteiger partial charge on any atom is 0.410 e. The van der Waals surface area contributed by atoms with Crippen molar-refractivity contribution in [1.82, 2.24) is 24.5 Å². The predicted octanol–water partition coefficient (Wildman–Crippen LogP) is 4.76. The van der Waals surface area contributed by atoms with E-state index >= 15 is 0 Å². The van der Waals surface area contributed by atoms with Crippen molar-refractivity contribution in [2.24, 2.45) is 0 Å². The summed E-state index contributed by atoms with van der Waals surface area (Å²) in [4.78, 5) is 61.9. The molecule has 0 spiro atoms. The standard InChI is InChI=1S/C38H47BrF2N6O6/c1-2-38(40,41)34(49)25-43-19-21-44(22-20-43)28-10-14-45(15-11-28)35(50)33(24-26-7-8-32(48)30(39)23-26)53-37(52)46-16-12-29(13-17-46)47-18-9-27-5-3-4-6-31(27)42-36(47)51/h2-8,23,28-29,33,48H,1,9-22,24-25H2,(H,42,51)/t33-/m1/s1. The number of piperidine rings is 2. The Hall–Kier alpha value is -4.08. The van der Waals surface area contributed by atoms with E-state index < -0.39 is 23.9 Å². The number of carbonyl (C=O) groups excluding carboxylic acids is 4. The van der Waals surface area contributed by atoms with E-state index in [0.29, 0.717) is 101 Å². The predicted molar refractivity (Wildman–Crippen MR) is 198 cm³/mol. The number of phenols is 1. The zero-order valence-electron chi connectivity index (χ0n) is 29.7. The number of amides is 4.